The van der Waals surface area contributed by atoms with Crippen molar-refractivity contribution in [2.75, 3.05) is 12.4 Å². The number of halogens is 1. The fourth-order valence-corrected chi connectivity index (χ4v) is 2.57. The number of ketones is 1. The molecule has 0 aromatic carbocycles. The van der Waals surface area contributed by atoms with E-state index in [1.54, 1.807) is 13.8 Å². The molecule has 1 aliphatic rings. The summed E-state index contributed by atoms with van der Waals surface area (Å²) < 4.78 is 36.1. The number of hydrogen-bond acceptors (Lipinski definition) is 4. The van der Waals surface area contributed by atoms with Gasteiger partial charge in [-0.05, 0) is 35.4 Å². The molecule has 1 saturated heterocycles. The van der Waals surface area contributed by atoms with Gasteiger partial charge in [0, 0.05) is 4.48 Å². The molecule has 1 heterocycles. The first-order valence-electron chi connectivity index (χ1n) is 4.90. The maximum atomic E-state index is 11.8. The lowest BCUT2D eigenvalue weighted by atomic mass is 9.96. The summed E-state index contributed by atoms with van der Waals surface area (Å²) in [5, 5.41) is 0. The molecular weight excluding hydrogens is 312 g/mol. The monoisotopic (exact) mass is 324 g/mol. The molecule has 2 unspecified atom stereocenters. The lowest BCUT2D eigenvalue weighted by Crippen LogP contribution is -2.28. The number of carbonyl (C=O) groups excluding carboxylic acids is 1. The molecule has 0 amide bonds. The molecule has 17 heavy (non-hydrogen) atoms. The molecule has 5 nitrogen and oxygen atoms in total. The molecule has 1 aliphatic heterocycles. The largest absolute Gasteiger partial charge is 0.365 e. The van der Waals surface area contributed by atoms with Gasteiger partial charge in [0.1, 0.15) is 6.10 Å². The number of hydrogen-bond donors (Lipinski definition) is 1. The zero-order chi connectivity index (χ0) is 13.2. The van der Waals surface area contributed by atoms with E-state index in [1.807, 2.05) is 0 Å². The fraction of sp³-hybridized carbons (Fsp3) is 0.600. The minimum Gasteiger partial charge on any atom is -0.365 e. The number of carbonyl (C=O) groups is 1. The molecule has 0 saturated carbocycles. The number of rotatable bonds is 5. The molecule has 0 spiro atoms. The van der Waals surface area contributed by atoms with E-state index < -0.39 is 27.9 Å². The molecule has 0 aromatic rings. The van der Waals surface area contributed by atoms with Crippen LogP contribution in [-0.2, 0) is 19.6 Å². The highest BCUT2D eigenvalue weighted by Gasteiger charge is 2.38. The van der Waals surface area contributed by atoms with Crippen molar-refractivity contribution in [3.8, 4) is 0 Å². The van der Waals surface area contributed by atoms with E-state index in [2.05, 4.69) is 21.7 Å². The van der Waals surface area contributed by atoms with Crippen molar-refractivity contribution in [3.63, 3.8) is 0 Å². The Kier molecular flexibility index (Phi) is 4.69. The van der Waals surface area contributed by atoms with Crippen LogP contribution in [0.4, 0.5) is 0 Å². The number of epoxide rings is 1. The third-order valence-electron chi connectivity index (χ3n) is 2.26. The van der Waals surface area contributed by atoms with Crippen molar-refractivity contribution in [1.82, 2.24) is 0 Å². The van der Waals surface area contributed by atoms with E-state index in [0.29, 0.717) is 16.7 Å². The molecular formula is C10H13BrO5S. The quantitative estimate of drug-likeness (QED) is 0.468. The Labute approximate surface area is 108 Å². The number of allylic oxidation sites excluding steroid dienone is 1. The first-order valence-corrected chi connectivity index (χ1v) is 7.31. The Morgan fingerprint density at radius 2 is 2.12 bits per heavy atom. The van der Waals surface area contributed by atoms with Gasteiger partial charge in [0.2, 0.25) is 0 Å². The van der Waals surface area contributed by atoms with Gasteiger partial charge in [-0.2, -0.15) is 8.42 Å². The lowest BCUT2D eigenvalue weighted by molar-refractivity contribution is -0.122. The smallest absolute Gasteiger partial charge is 0.265 e. The van der Waals surface area contributed by atoms with Gasteiger partial charge in [-0.25, -0.2) is 0 Å². The highest BCUT2D eigenvalue weighted by molar-refractivity contribution is 9.11. The lowest BCUT2D eigenvalue weighted by Gasteiger charge is -2.12. The van der Waals surface area contributed by atoms with Gasteiger partial charge in [0.25, 0.3) is 10.1 Å². The Hall–Kier alpha value is -0.460. The molecule has 2 atom stereocenters. The highest BCUT2D eigenvalue weighted by atomic mass is 79.9. The summed E-state index contributed by atoms with van der Waals surface area (Å²) in [6.07, 6.45) is -0.547. The Morgan fingerprint density at radius 3 is 2.47 bits per heavy atom. The minimum atomic E-state index is -4.22. The Balaban J connectivity index is 3.02. The molecule has 0 aliphatic carbocycles. The average molecular weight is 325 g/mol. The summed E-state index contributed by atoms with van der Waals surface area (Å²) >= 11 is 3.15. The van der Waals surface area contributed by atoms with Crippen LogP contribution in [0.2, 0.25) is 0 Å². The van der Waals surface area contributed by atoms with E-state index in [1.165, 1.54) is 0 Å². The summed E-state index contributed by atoms with van der Waals surface area (Å²) in [4.78, 5) is 11.8. The van der Waals surface area contributed by atoms with Crippen molar-refractivity contribution in [3.05, 3.63) is 15.8 Å². The fourth-order valence-electron chi connectivity index (χ4n) is 1.43. The second-order valence-electron chi connectivity index (χ2n) is 3.87. The van der Waals surface area contributed by atoms with Crippen LogP contribution in [0, 0.1) is 5.92 Å². The van der Waals surface area contributed by atoms with Crippen molar-refractivity contribution in [2.24, 2.45) is 5.92 Å². The van der Waals surface area contributed by atoms with Crippen LogP contribution in [-0.4, -0.2) is 37.2 Å². The molecule has 1 fully saturated rings. The highest BCUT2D eigenvalue weighted by Crippen LogP contribution is 2.22. The maximum absolute atomic E-state index is 11.8. The van der Waals surface area contributed by atoms with Gasteiger partial charge in [-0.1, -0.05) is 0 Å². The molecule has 0 bridgehead atoms. The normalized spacial score (nSPS) is 20.4. The van der Waals surface area contributed by atoms with E-state index in [9.17, 15) is 13.2 Å². The third-order valence-corrected chi connectivity index (χ3v) is 3.22. The SMILES string of the molecule is CC(Br)=C=C(C)C(CS(=O)(=O)O)C(=O)C1CO1. The van der Waals surface area contributed by atoms with Crippen LogP contribution in [0.25, 0.3) is 0 Å². The van der Waals surface area contributed by atoms with E-state index in [-0.39, 0.29) is 5.78 Å². The van der Waals surface area contributed by atoms with Crippen molar-refractivity contribution >= 4 is 31.8 Å². The molecule has 1 rings (SSSR count). The van der Waals surface area contributed by atoms with Gasteiger partial charge in [0.05, 0.1) is 18.3 Å². The van der Waals surface area contributed by atoms with Crippen molar-refractivity contribution in [1.29, 1.82) is 0 Å². The van der Waals surface area contributed by atoms with E-state index in [4.69, 9.17) is 9.29 Å². The maximum Gasteiger partial charge on any atom is 0.265 e. The van der Waals surface area contributed by atoms with Gasteiger partial charge < -0.3 is 4.74 Å². The average Bonchev–Trinajstić information content (AvgIpc) is 2.93. The van der Waals surface area contributed by atoms with Crippen LogP contribution in [0.3, 0.4) is 0 Å². The van der Waals surface area contributed by atoms with Gasteiger partial charge in [-0.3, -0.25) is 9.35 Å². The second-order valence-corrected chi connectivity index (χ2v) is 6.55. The second kappa shape index (κ2) is 5.46. The predicted octanol–water partition coefficient (Wildman–Crippen LogP) is 1.30. The van der Waals surface area contributed by atoms with Crippen LogP contribution < -0.4 is 0 Å². The van der Waals surface area contributed by atoms with Crippen LogP contribution >= 0.6 is 15.9 Å². The van der Waals surface area contributed by atoms with E-state index >= 15 is 0 Å². The topological polar surface area (TPSA) is 84.0 Å². The predicted molar refractivity (Wildman–Crippen MR) is 65.5 cm³/mol. The van der Waals surface area contributed by atoms with Gasteiger partial charge in [-0.15, -0.1) is 5.73 Å². The first kappa shape index (κ1) is 14.6. The summed E-state index contributed by atoms with van der Waals surface area (Å²) in [7, 11) is -4.22. The zero-order valence-corrected chi connectivity index (χ0v) is 11.8. The molecule has 0 aromatic heterocycles. The summed E-state index contributed by atoms with van der Waals surface area (Å²) in [5.74, 6) is -1.88. The van der Waals surface area contributed by atoms with Crippen molar-refractivity contribution in [2.45, 2.75) is 20.0 Å². The molecule has 0 radical (unpaired) electrons. The third kappa shape index (κ3) is 5.14. The van der Waals surface area contributed by atoms with Crippen LogP contribution in [0.5, 0.6) is 0 Å². The summed E-state index contributed by atoms with van der Waals surface area (Å²) in [6, 6.07) is 0. The van der Waals surface area contributed by atoms with Crippen LogP contribution in [0.1, 0.15) is 13.8 Å². The minimum absolute atomic E-state index is 0.311. The van der Waals surface area contributed by atoms with Crippen molar-refractivity contribution < 1.29 is 22.5 Å². The van der Waals surface area contributed by atoms with Gasteiger partial charge >= 0.3 is 0 Å². The molecule has 1 N–H and O–H groups in total. The van der Waals surface area contributed by atoms with Crippen LogP contribution in [0.15, 0.2) is 15.8 Å². The zero-order valence-electron chi connectivity index (χ0n) is 9.44. The summed E-state index contributed by atoms with van der Waals surface area (Å²) in [6.45, 7) is 3.62. The van der Waals surface area contributed by atoms with E-state index in [0.717, 1.165) is 0 Å². The summed E-state index contributed by atoms with van der Waals surface area (Å²) in [5.41, 5.74) is 3.28. The number of ether oxygens (including phenoxy) is 1. The Bertz CT molecular complexity index is 479. The number of Topliss-reactive ketones (excluding diaryl/α,β-unsaturated/α-hetero) is 1. The molecule has 96 valence electrons. The Morgan fingerprint density at radius 1 is 1.59 bits per heavy atom. The standard InChI is InChI=1S/C10H13BrO5S/c1-6(3-7(2)11)8(5-17(13,14)15)10(12)9-4-16-9/h8-9H,4-5H2,1-2H3,(H,13,14,15). The first-order chi connectivity index (χ1) is 7.70. The van der Waals surface area contributed by atoms with Gasteiger partial charge in [0.15, 0.2) is 5.78 Å². The molecule has 7 heteroatoms.